The highest BCUT2D eigenvalue weighted by Gasteiger charge is 2.14. The zero-order chi connectivity index (χ0) is 17.6. The van der Waals surface area contributed by atoms with Crippen LogP contribution in [0.15, 0.2) is 78.9 Å². The van der Waals surface area contributed by atoms with Gasteiger partial charge in [-0.05, 0) is 48.1 Å². The molecule has 0 saturated heterocycles. The van der Waals surface area contributed by atoms with Crippen LogP contribution in [0.1, 0.15) is 5.56 Å². The lowest BCUT2D eigenvalue weighted by Gasteiger charge is -2.26. The summed E-state index contributed by atoms with van der Waals surface area (Å²) in [7, 11) is 0. The van der Waals surface area contributed by atoms with Gasteiger partial charge in [0.2, 0.25) is 0 Å². The van der Waals surface area contributed by atoms with E-state index < -0.39 is 0 Å². The normalized spacial score (nSPS) is 10.3. The van der Waals surface area contributed by atoms with Crippen LogP contribution in [0.3, 0.4) is 0 Å². The van der Waals surface area contributed by atoms with Gasteiger partial charge in [-0.1, -0.05) is 71.7 Å². The van der Waals surface area contributed by atoms with E-state index in [4.69, 9.17) is 35.4 Å². The molecule has 0 amide bonds. The van der Waals surface area contributed by atoms with Gasteiger partial charge >= 0.3 is 0 Å². The molecule has 0 aliphatic carbocycles. The molecule has 0 bridgehead atoms. The molecular weight excluding hydrogens is 371 g/mol. The summed E-state index contributed by atoms with van der Waals surface area (Å²) in [6, 6.07) is 25.4. The molecule has 0 aliphatic rings. The van der Waals surface area contributed by atoms with Crippen molar-refractivity contribution in [2.75, 3.05) is 10.2 Å². The second-order valence-corrected chi connectivity index (χ2v) is 6.69. The Balaban J connectivity index is 1.88. The second kappa shape index (κ2) is 8.34. The monoisotopic (exact) mass is 386 g/mol. The minimum atomic E-state index is 0.555. The Morgan fingerprint density at radius 2 is 1.52 bits per heavy atom. The molecule has 3 aromatic carbocycles. The fourth-order valence-corrected chi connectivity index (χ4v) is 3.05. The molecule has 126 valence electrons. The van der Waals surface area contributed by atoms with E-state index in [-0.39, 0.29) is 0 Å². The number of para-hydroxylation sites is 1. The van der Waals surface area contributed by atoms with Crippen molar-refractivity contribution in [1.29, 1.82) is 0 Å². The quantitative estimate of drug-likeness (QED) is 0.522. The summed E-state index contributed by atoms with van der Waals surface area (Å²) in [6.07, 6.45) is 0. The summed E-state index contributed by atoms with van der Waals surface area (Å²) in [5.41, 5.74) is 2.85. The van der Waals surface area contributed by atoms with E-state index in [1.165, 1.54) is 0 Å². The van der Waals surface area contributed by atoms with Crippen molar-refractivity contribution >= 4 is 51.9 Å². The van der Waals surface area contributed by atoms with Gasteiger partial charge in [-0.15, -0.1) is 0 Å². The van der Waals surface area contributed by atoms with E-state index >= 15 is 0 Å². The maximum absolute atomic E-state index is 6.25. The van der Waals surface area contributed by atoms with Crippen LogP contribution < -0.4 is 10.2 Å². The average Bonchev–Trinajstić information content (AvgIpc) is 2.64. The Hall–Kier alpha value is -2.07. The predicted molar refractivity (Wildman–Crippen MR) is 112 cm³/mol. The van der Waals surface area contributed by atoms with Gasteiger partial charge in [0.1, 0.15) is 0 Å². The van der Waals surface area contributed by atoms with E-state index in [1.807, 2.05) is 53.4 Å². The first-order valence-corrected chi connectivity index (χ1v) is 8.92. The van der Waals surface area contributed by atoms with Crippen LogP contribution >= 0.6 is 35.4 Å². The van der Waals surface area contributed by atoms with Crippen LogP contribution in [0.25, 0.3) is 0 Å². The fraction of sp³-hybridized carbons (Fsp3) is 0.0500. The first-order valence-electron chi connectivity index (χ1n) is 7.76. The zero-order valence-electron chi connectivity index (χ0n) is 13.3. The molecule has 0 saturated carbocycles. The average molecular weight is 387 g/mol. The van der Waals surface area contributed by atoms with Crippen LogP contribution in [-0.4, -0.2) is 5.11 Å². The van der Waals surface area contributed by atoms with Crippen LogP contribution in [0.5, 0.6) is 0 Å². The summed E-state index contributed by atoms with van der Waals surface area (Å²) in [5, 5.41) is 4.94. The molecule has 3 aromatic rings. The number of nitrogens with one attached hydrogen (secondary N) is 1. The van der Waals surface area contributed by atoms with Gasteiger partial charge in [0, 0.05) is 10.7 Å². The zero-order valence-corrected chi connectivity index (χ0v) is 15.7. The molecule has 0 fully saturated rings. The highest BCUT2D eigenvalue weighted by Crippen LogP contribution is 2.27. The molecule has 0 unspecified atom stereocenters. The van der Waals surface area contributed by atoms with Crippen molar-refractivity contribution < 1.29 is 0 Å². The Bertz CT molecular complexity index is 854. The largest absolute Gasteiger partial charge is 0.331 e. The number of nitrogens with zero attached hydrogens (tertiary/aromatic N) is 1. The number of hydrogen-bond donors (Lipinski definition) is 1. The topological polar surface area (TPSA) is 15.3 Å². The molecule has 0 aromatic heterocycles. The molecule has 0 radical (unpaired) electrons. The van der Waals surface area contributed by atoms with Crippen LogP contribution in [-0.2, 0) is 6.54 Å². The van der Waals surface area contributed by atoms with Crippen molar-refractivity contribution in [3.05, 3.63) is 94.5 Å². The lowest BCUT2D eigenvalue weighted by Crippen LogP contribution is -2.34. The summed E-state index contributed by atoms with van der Waals surface area (Å²) in [4.78, 5) is 2.03. The van der Waals surface area contributed by atoms with Crippen molar-refractivity contribution in [2.45, 2.75) is 6.54 Å². The van der Waals surface area contributed by atoms with E-state index in [9.17, 15) is 0 Å². The Morgan fingerprint density at radius 1 is 0.880 bits per heavy atom. The highest BCUT2D eigenvalue weighted by molar-refractivity contribution is 7.80. The minimum absolute atomic E-state index is 0.555. The summed E-state index contributed by atoms with van der Waals surface area (Å²) >= 11 is 18.0. The van der Waals surface area contributed by atoms with Crippen LogP contribution in [0.2, 0.25) is 10.0 Å². The maximum Gasteiger partial charge on any atom is 0.178 e. The number of rotatable bonds is 4. The molecule has 25 heavy (non-hydrogen) atoms. The standard InChI is InChI=1S/C20H16Cl2N2S/c21-16-11-12-18(22)19(13-16)23-20(25)24(17-9-5-2-6-10-17)14-15-7-3-1-4-8-15/h1-13H,14H2,(H,23,25). The van der Waals surface area contributed by atoms with Gasteiger partial charge in [0.05, 0.1) is 17.3 Å². The van der Waals surface area contributed by atoms with E-state index in [1.54, 1.807) is 18.2 Å². The lowest BCUT2D eigenvalue weighted by molar-refractivity contribution is 1.01. The molecule has 3 rings (SSSR count). The van der Waals surface area contributed by atoms with Crippen molar-refractivity contribution in [1.82, 2.24) is 0 Å². The predicted octanol–water partition coefficient (Wildman–Crippen LogP) is 6.40. The van der Waals surface area contributed by atoms with E-state index in [2.05, 4.69) is 17.4 Å². The molecule has 1 N–H and O–H groups in total. The third kappa shape index (κ3) is 4.73. The van der Waals surface area contributed by atoms with Gasteiger partial charge in [0.15, 0.2) is 5.11 Å². The highest BCUT2D eigenvalue weighted by atomic mass is 35.5. The van der Waals surface area contributed by atoms with Crippen LogP contribution in [0.4, 0.5) is 11.4 Å². The number of benzene rings is 3. The molecule has 5 heteroatoms. The maximum atomic E-state index is 6.25. The minimum Gasteiger partial charge on any atom is -0.331 e. The molecular formula is C20H16Cl2N2S. The smallest absolute Gasteiger partial charge is 0.178 e. The molecule has 2 nitrogen and oxygen atoms in total. The summed E-state index contributed by atoms with van der Waals surface area (Å²) in [5.74, 6) is 0. The Labute approximate surface area is 163 Å². The van der Waals surface area contributed by atoms with Crippen LogP contribution in [0, 0.1) is 0 Å². The van der Waals surface area contributed by atoms with E-state index in [0.29, 0.717) is 27.4 Å². The van der Waals surface area contributed by atoms with Gasteiger partial charge in [-0.25, -0.2) is 0 Å². The third-order valence-corrected chi connectivity index (χ3v) is 4.55. The number of anilines is 2. The number of hydrogen-bond acceptors (Lipinski definition) is 1. The van der Waals surface area contributed by atoms with Gasteiger partial charge in [-0.2, -0.15) is 0 Å². The van der Waals surface area contributed by atoms with Crippen molar-refractivity contribution in [3.63, 3.8) is 0 Å². The lowest BCUT2D eigenvalue weighted by atomic mass is 10.2. The Kier molecular flexibility index (Phi) is 5.92. The molecule has 0 spiro atoms. The Morgan fingerprint density at radius 3 is 2.20 bits per heavy atom. The molecule has 0 atom stereocenters. The van der Waals surface area contributed by atoms with E-state index in [0.717, 1.165) is 11.3 Å². The summed E-state index contributed by atoms with van der Waals surface area (Å²) < 4.78 is 0. The van der Waals surface area contributed by atoms with Gasteiger partial charge in [0.25, 0.3) is 0 Å². The second-order valence-electron chi connectivity index (χ2n) is 5.46. The molecule has 0 aliphatic heterocycles. The SMILES string of the molecule is S=C(Nc1cc(Cl)ccc1Cl)N(Cc1ccccc1)c1ccccc1. The van der Waals surface area contributed by atoms with Gasteiger partial charge < -0.3 is 10.2 Å². The number of thiocarbonyl (C=S) groups is 1. The first-order chi connectivity index (χ1) is 12.1. The fourth-order valence-electron chi connectivity index (χ4n) is 2.43. The first kappa shape index (κ1) is 17.7. The van der Waals surface area contributed by atoms with Gasteiger partial charge in [-0.3, -0.25) is 0 Å². The third-order valence-electron chi connectivity index (χ3n) is 3.67. The molecule has 0 heterocycles. The van der Waals surface area contributed by atoms with Crippen molar-refractivity contribution in [3.8, 4) is 0 Å². The summed E-state index contributed by atoms with van der Waals surface area (Å²) in [6.45, 7) is 0.648. The van der Waals surface area contributed by atoms with Crippen molar-refractivity contribution in [2.24, 2.45) is 0 Å². The number of halogens is 2.